The number of hydrogen-bond acceptors (Lipinski definition) is 3. The van der Waals surface area contributed by atoms with Crippen molar-refractivity contribution in [1.29, 1.82) is 0 Å². The van der Waals surface area contributed by atoms with E-state index in [1.54, 1.807) is 18.2 Å². The molecular weight excluding hydrogens is 306 g/mol. The fourth-order valence-electron chi connectivity index (χ4n) is 4.33. The van der Waals surface area contributed by atoms with Gasteiger partial charge in [0.25, 0.3) is 11.2 Å². The van der Waals surface area contributed by atoms with Crippen LogP contribution in [0.25, 0.3) is 0 Å². The number of likely N-dealkylation sites (tertiary alicyclic amines) is 1. The summed E-state index contributed by atoms with van der Waals surface area (Å²) in [4.78, 5) is 24.1. The van der Waals surface area contributed by atoms with E-state index in [0.717, 1.165) is 43.9 Å². The Morgan fingerprint density at radius 3 is 2.88 bits per heavy atom. The fraction of sp³-hybridized carbons (Fsp3) is 0.389. The van der Waals surface area contributed by atoms with Crippen LogP contribution in [-0.4, -0.2) is 22.6 Å². The second-order valence-electron chi connectivity index (χ2n) is 6.96. The lowest BCUT2D eigenvalue weighted by Crippen LogP contribution is -3.13. The summed E-state index contributed by atoms with van der Waals surface area (Å²) in [5.74, 6) is 0.908. The van der Waals surface area contributed by atoms with Crippen molar-refractivity contribution in [3.8, 4) is 0 Å². The van der Waals surface area contributed by atoms with Crippen molar-refractivity contribution >= 4 is 5.69 Å². The Morgan fingerprint density at radius 2 is 2.04 bits per heavy atom. The highest BCUT2D eigenvalue weighted by atomic mass is 16.6. The summed E-state index contributed by atoms with van der Waals surface area (Å²) in [5, 5.41) is 10.9. The van der Waals surface area contributed by atoms with E-state index in [1.165, 1.54) is 11.0 Å². The molecule has 1 fully saturated rings. The van der Waals surface area contributed by atoms with Crippen LogP contribution in [0, 0.1) is 16.0 Å². The SMILES string of the molecule is O=c1cccc2n1C[C@@H]1C[C@H]2C[NH+](Cc2cccc([N+](=O)[O-])c2)C1. The monoisotopic (exact) mass is 326 g/mol. The van der Waals surface area contributed by atoms with E-state index in [-0.39, 0.29) is 16.2 Å². The molecule has 6 heteroatoms. The van der Waals surface area contributed by atoms with Gasteiger partial charge < -0.3 is 9.47 Å². The molecule has 1 aromatic carbocycles. The smallest absolute Gasteiger partial charge is 0.269 e. The maximum Gasteiger partial charge on any atom is 0.269 e. The van der Waals surface area contributed by atoms with Gasteiger partial charge in [-0.3, -0.25) is 14.9 Å². The van der Waals surface area contributed by atoms with Gasteiger partial charge in [0.1, 0.15) is 6.54 Å². The zero-order valence-electron chi connectivity index (χ0n) is 13.4. The Balaban J connectivity index is 1.55. The number of quaternary nitrogens is 1. The van der Waals surface area contributed by atoms with E-state index in [1.807, 2.05) is 16.7 Å². The zero-order chi connectivity index (χ0) is 16.7. The maximum absolute atomic E-state index is 12.1. The predicted molar refractivity (Wildman–Crippen MR) is 89.0 cm³/mol. The number of nitro benzene ring substituents is 1. The summed E-state index contributed by atoms with van der Waals surface area (Å²) in [7, 11) is 0. The zero-order valence-corrected chi connectivity index (χ0v) is 13.4. The normalized spacial score (nSPS) is 25.1. The third-order valence-corrected chi connectivity index (χ3v) is 5.25. The van der Waals surface area contributed by atoms with Crippen LogP contribution in [0.3, 0.4) is 0 Å². The molecule has 0 spiro atoms. The number of aromatic nitrogens is 1. The summed E-state index contributed by atoms with van der Waals surface area (Å²) in [6.45, 7) is 3.58. The molecule has 2 bridgehead atoms. The summed E-state index contributed by atoms with van der Waals surface area (Å²) in [6.07, 6.45) is 1.14. The first kappa shape index (κ1) is 15.1. The van der Waals surface area contributed by atoms with Crippen LogP contribution >= 0.6 is 0 Å². The van der Waals surface area contributed by atoms with E-state index in [9.17, 15) is 14.9 Å². The first-order chi connectivity index (χ1) is 11.6. The Hall–Kier alpha value is -2.47. The molecule has 124 valence electrons. The lowest BCUT2D eigenvalue weighted by molar-refractivity contribution is -0.924. The Morgan fingerprint density at radius 1 is 1.21 bits per heavy atom. The first-order valence-corrected chi connectivity index (χ1v) is 8.37. The highest BCUT2D eigenvalue weighted by molar-refractivity contribution is 5.33. The number of non-ortho nitro benzene ring substituents is 1. The quantitative estimate of drug-likeness (QED) is 0.675. The minimum Gasteiger partial charge on any atom is -0.330 e. The van der Waals surface area contributed by atoms with Crippen LogP contribution in [0.1, 0.15) is 23.6 Å². The number of nitrogens with zero attached hydrogens (tertiary/aromatic N) is 2. The third-order valence-electron chi connectivity index (χ3n) is 5.25. The molecule has 4 rings (SSSR count). The van der Waals surface area contributed by atoms with Gasteiger partial charge in [0.05, 0.1) is 18.0 Å². The van der Waals surface area contributed by atoms with Gasteiger partial charge in [-0.15, -0.1) is 0 Å². The summed E-state index contributed by atoms with van der Waals surface area (Å²) < 4.78 is 1.93. The van der Waals surface area contributed by atoms with Gasteiger partial charge >= 0.3 is 0 Å². The minimum absolute atomic E-state index is 0.101. The number of nitrogens with one attached hydrogen (secondary N) is 1. The van der Waals surface area contributed by atoms with Crippen molar-refractivity contribution in [2.45, 2.75) is 25.4 Å². The standard InChI is InChI=1S/C18H19N3O3/c22-18-6-2-5-17-15-7-14(11-20(17)18)10-19(12-15)9-13-3-1-4-16(8-13)21(23)24/h1-6,8,14-15H,7,9-12H2/p+1/t14-,15+/m1/s1. The highest BCUT2D eigenvalue weighted by Crippen LogP contribution is 2.30. The Kier molecular flexibility index (Phi) is 3.69. The van der Waals surface area contributed by atoms with Gasteiger partial charge in [-0.1, -0.05) is 18.2 Å². The molecule has 0 aliphatic carbocycles. The summed E-state index contributed by atoms with van der Waals surface area (Å²) >= 11 is 0. The lowest BCUT2D eigenvalue weighted by Gasteiger charge is -2.40. The molecule has 3 heterocycles. The molecule has 1 N–H and O–H groups in total. The van der Waals surface area contributed by atoms with Gasteiger partial charge in [0.2, 0.25) is 0 Å². The molecule has 0 saturated carbocycles. The summed E-state index contributed by atoms with van der Waals surface area (Å²) in [6, 6.07) is 12.5. The molecular formula is C18H20N3O3+. The number of pyridine rings is 1. The number of piperidine rings is 1. The van der Waals surface area contributed by atoms with E-state index in [4.69, 9.17) is 0 Å². The van der Waals surface area contributed by atoms with Crippen LogP contribution in [0.2, 0.25) is 0 Å². The van der Waals surface area contributed by atoms with Crippen molar-refractivity contribution in [2.24, 2.45) is 5.92 Å². The van der Waals surface area contributed by atoms with Crippen LogP contribution in [0.15, 0.2) is 47.3 Å². The van der Waals surface area contributed by atoms with E-state index < -0.39 is 0 Å². The molecule has 3 atom stereocenters. The van der Waals surface area contributed by atoms with Crippen LogP contribution in [0.4, 0.5) is 5.69 Å². The number of benzene rings is 1. The molecule has 2 aliphatic rings. The number of nitro groups is 1. The molecule has 0 radical (unpaired) electrons. The van der Waals surface area contributed by atoms with Gasteiger partial charge in [0, 0.05) is 47.8 Å². The van der Waals surface area contributed by atoms with Crippen molar-refractivity contribution in [3.63, 3.8) is 0 Å². The molecule has 0 amide bonds. The van der Waals surface area contributed by atoms with E-state index in [2.05, 4.69) is 6.07 Å². The molecule has 2 aliphatic heterocycles. The average molecular weight is 326 g/mol. The number of fused-ring (bicyclic) bond motifs is 4. The third kappa shape index (κ3) is 2.73. The fourth-order valence-corrected chi connectivity index (χ4v) is 4.33. The topological polar surface area (TPSA) is 69.6 Å². The molecule has 1 unspecified atom stereocenters. The van der Waals surface area contributed by atoms with Crippen molar-refractivity contribution < 1.29 is 9.82 Å². The second-order valence-corrected chi connectivity index (χ2v) is 6.96. The van der Waals surface area contributed by atoms with Gasteiger partial charge in [-0.05, 0) is 12.5 Å². The average Bonchev–Trinajstić information content (AvgIpc) is 2.56. The molecule has 24 heavy (non-hydrogen) atoms. The number of hydrogen-bond donors (Lipinski definition) is 1. The van der Waals surface area contributed by atoms with Gasteiger partial charge in [-0.2, -0.15) is 0 Å². The summed E-state index contributed by atoms with van der Waals surface area (Å²) in [5.41, 5.74) is 2.41. The van der Waals surface area contributed by atoms with Gasteiger partial charge in [-0.25, -0.2) is 0 Å². The molecule has 1 saturated heterocycles. The van der Waals surface area contributed by atoms with Crippen LogP contribution in [0.5, 0.6) is 0 Å². The Bertz CT molecular complexity index is 845. The second kappa shape index (κ2) is 5.87. The van der Waals surface area contributed by atoms with E-state index >= 15 is 0 Å². The molecule has 2 aromatic rings. The van der Waals surface area contributed by atoms with Crippen molar-refractivity contribution in [2.75, 3.05) is 13.1 Å². The maximum atomic E-state index is 12.1. The molecule has 6 nitrogen and oxygen atoms in total. The first-order valence-electron chi connectivity index (χ1n) is 8.37. The van der Waals surface area contributed by atoms with E-state index in [0.29, 0.717) is 11.8 Å². The number of rotatable bonds is 3. The van der Waals surface area contributed by atoms with Crippen molar-refractivity contribution in [3.05, 3.63) is 74.2 Å². The molecule has 1 aromatic heterocycles. The minimum atomic E-state index is -0.341. The Labute approximate surface area is 139 Å². The lowest BCUT2D eigenvalue weighted by atomic mass is 9.83. The van der Waals surface area contributed by atoms with Crippen LogP contribution < -0.4 is 10.5 Å². The largest absolute Gasteiger partial charge is 0.330 e. The predicted octanol–water partition coefficient (Wildman–Crippen LogP) is 0.959. The van der Waals surface area contributed by atoms with Gasteiger partial charge in [0.15, 0.2) is 0 Å². The highest BCUT2D eigenvalue weighted by Gasteiger charge is 2.37. The van der Waals surface area contributed by atoms with Crippen molar-refractivity contribution in [1.82, 2.24) is 4.57 Å². The van der Waals surface area contributed by atoms with Crippen LogP contribution in [-0.2, 0) is 13.1 Å².